The molecular weight excluding hydrogens is 334 g/mol. The molecule has 8 nitrogen and oxygen atoms in total. The summed E-state index contributed by atoms with van der Waals surface area (Å²) >= 11 is 0. The predicted molar refractivity (Wildman–Crippen MR) is 94.0 cm³/mol. The molecule has 2 heterocycles. The summed E-state index contributed by atoms with van der Waals surface area (Å²) in [6.45, 7) is 0.418. The van der Waals surface area contributed by atoms with Gasteiger partial charge in [-0.3, -0.25) is 19.4 Å². The molecule has 2 N–H and O–H groups in total. The van der Waals surface area contributed by atoms with Crippen LogP contribution in [0.4, 0.5) is 0 Å². The monoisotopic (exact) mass is 359 g/mol. The molecule has 1 aromatic rings. The Kier molecular flexibility index (Phi) is 5.80. The van der Waals surface area contributed by atoms with Gasteiger partial charge in [0.15, 0.2) is 0 Å². The second-order valence-electron chi connectivity index (χ2n) is 7.15. The summed E-state index contributed by atoms with van der Waals surface area (Å²) in [7, 11) is 1.71. The summed E-state index contributed by atoms with van der Waals surface area (Å²) in [5, 5.41) is 5.93. The number of hydrogen-bond donors (Lipinski definition) is 2. The molecule has 8 heteroatoms. The van der Waals surface area contributed by atoms with Crippen LogP contribution in [0.2, 0.25) is 0 Å². The second kappa shape index (κ2) is 8.25. The largest absolute Gasteiger partial charge is 0.353 e. The summed E-state index contributed by atoms with van der Waals surface area (Å²) in [5.74, 6) is -0.677. The van der Waals surface area contributed by atoms with Gasteiger partial charge in [0.25, 0.3) is 5.91 Å². The van der Waals surface area contributed by atoms with E-state index in [-0.39, 0.29) is 41.8 Å². The predicted octanol–water partition coefficient (Wildman–Crippen LogP) is 0.502. The molecular formula is C18H25N5O3. The summed E-state index contributed by atoms with van der Waals surface area (Å²) in [5.41, 5.74) is 0.253. The molecule has 1 aliphatic carbocycles. The number of rotatable bonds is 4. The first kappa shape index (κ1) is 18.3. The van der Waals surface area contributed by atoms with Crippen molar-refractivity contribution in [3.63, 3.8) is 0 Å². The van der Waals surface area contributed by atoms with E-state index in [4.69, 9.17) is 0 Å². The van der Waals surface area contributed by atoms with Crippen LogP contribution in [-0.2, 0) is 9.59 Å². The van der Waals surface area contributed by atoms with E-state index in [1.54, 1.807) is 11.9 Å². The smallest absolute Gasteiger partial charge is 0.271 e. The molecule has 0 bridgehead atoms. The van der Waals surface area contributed by atoms with Crippen molar-refractivity contribution in [2.75, 3.05) is 13.6 Å². The van der Waals surface area contributed by atoms with E-state index in [0.717, 1.165) is 19.3 Å². The number of carbonyl (C=O) groups is 3. The number of amides is 3. The molecule has 3 amide bonds. The maximum atomic E-state index is 12.4. The van der Waals surface area contributed by atoms with E-state index < -0.39 is 0 Å². The van der Waals surface area contributed by atoms with Crippen molar-refractivity contribution in [2.45, 2.75) is 50.6 Å². The summed E-state index contributed by atoms with van der Waals surface area (Å²) in [6.07, 6.45) is 8.80. The van der Waals surface area contributed by atoms with Crippen molar-refractivity contribution in [1.29, 1.82) is 0 Å². The number of nitrogens with zero attached hydrogens (tertiary/aromatic N) is 3. The Morgan fingerprint density at radius 2 is 1.92 bits per heavy atom. The molecule has 26 heavy (non-hydrogen) atoms. The van der Waals surface area contributed by atoms with Gasteiger partial charge in [-0.1, -0.05) is 6.42 Å². The van der Waals surface area contributed by atoms with Crippen molar-refractivity contribution >= 4 is 17.7 Å². The van der Waals surface area contributed by atoms with Crippen LogP contribution in [0.15, 0.2) is 18.6 Å². The highest BCUT2D eigenvalue weighted by molar-refractivity contribution is 5.92. The Hall–Kier alpha value is -2.51. The number of carbonyl (C=O) groups excluding carboxylic acids is 3. The molecule has 140 valence electrons. The second-order valence-corrected chi connectivity index (χ2v) is 7.15. The van der Waals surface area contributed by atoms with E-state index in [1.807, 2.05) is 0 Å². The van der Waals surface area contributed by atoms with Crippen LogP contribution in [0.5, 0.6) is 0 Å². The number of nitrogens with one attached hydrogen (secondary N) is 2. The van der Waals surface area contributed by atoms with Gasteiger partial charge in [0.1, 0.15) is 5.69 Å². The fourth-order valence-corrected chi connectivity index (χ4v) is 3.17. The average molecular weight is 359 g/mol. The zero-order valence-electron chi connectivity index (χ0n) is 15.0. The van der Waals surface area contributed by atoms with Crippen molar-refractivity contribution in [3.05, 3.63) is 24.3 Å². The van der Waals surface area contributed by atoms with E-state index in [0.29, 0.717) is 25.4 Å². The molecule has 1 saturated heterocycles. The Morgan fingerprint density at radius 1 is 1.12 bits per heavy atom. The SMILES string of the molecule is CN1C[C@H](NC(=O)c2cnccn2)CCC[C@@H](C(=O)NC2CC2)CC1=O. The standard InChI is InChI=1S/C18H25N5O3/c1-23-11-14(22-18(26)15-10-19-7-8-20-15)4-2-3-12(9-16(23)24)17(25)21-13-5-6-13/h7-8,10,12-14H,2-6,9,11H2,1H3,(H,21,25)(H,22,26)/t12-,14-/m1/s1. The van der Waals surface area contributed by atoms with Gasteiger partial charge in [0.2, 0.25) is 11.8 Å². The molecule has 0 aromatic carbocycles. The third-order valence-electron chi connectivity index (χ3n) is 4.87. The Labute approximate surface area is 152 Å². The lowest BCUT2D eigenvalue weighted by molar-refractivity contribution is -0.135. The topological polar surface area (TPSA) is 104 Å². The van der Waals surface area contributed by atoms with Crippen LogP contribution in [0, 0.1) is 5.92 Å². The van der Waals surface area contributed by atoms with Gasteiger partial charge < -0.3 is 15.5 Å². The summed E-state index contributed by atoms with van der Waals surface area (Å²) < 4.78 is 0. The minimum absolute atomic E-state index is 0.0173. The van der Waals surface area contributed by atoms with Crippen LogP contribution in [-0.4, -0.2) is 58.3 Å². The molecule has 1 aliphatic heterocycles. The van der Waals surface area contributed by atoms with E-state index >= 15 is 0 Å². The lowest BCUT2D eigenvalue weighted by Gasteiger charge is -2.24. The molecule has 0 unspecified atom stereocenters. The summed E-state index contributed by atoms with van der Waals surface area (Å²) in [4.78, 5) is 46.6. The molecule has 1 saturated carbocycles. The Bertz CT molecular complexity index is 662. The van der Waals surface area contributed by atoms with Gasteiger partial charge in [0, 0.05) is 50.4 Å². The first-order chi connectivity index (χ1) is 12.5. The van der Waals surface area contributed by atoms with Gasteiger partial charge in [-0.05, 0) is 25.7 Å². The zero-order chi connectivity index (χ0) is 18.5. The van der Waals surface area contributed by atoms with Crippen LogP contribution in [0.25, 0.3) is 0 Å². The number of likely N-dealkylation sites (N-methyl/N-ethyl adjacent to an activating group) is 1. The van der Waals surface area contributed by atoms with Crippen molar-refractivity contribution in [2.24, 2.45) is 5.92 Å². The normalized spacial score (nSPS) is 24.2. The first-order valence-corrected chi connectivity index (χ1v) is 9.14. The van der Waals surface area contributed by atoms with Crippen molar-refractivity contribution in [1.82, 2.24) is 25.5 Å². The molecule has 3 rings (SSSR count). The first-order valence-electron chi connectivity index (χ1n) is 9.14. The fourth-order valence-electron chi connectivity index (χ4n) is 3.17. The molecule has 2 fully saturated rings. The maximum absolute atomic E-state index is 12.4. The highest BCUT2D eigenvalue weighted by Gasteiger charge is 2.31. The highest BCUT2D eigenvalue weighted by Crippen LogP contribution is 2.23. The van der Waals surface area contributed by atoms with Gasteiger partial charge in [-0.2, -0.15) is 0 Å². The maximum Gasteiger partial charge on any atom is 0.271 e. The Balaban J connectivity index is 1.60. The van der Waals surface area contributed by atoms with Crippen LogP contribution < -0.4 is 10.6 Å². The lowest BCUT2D eigenvalue weighted by Crippen LogP contribution is -2.44. The zero-order valence-corrected chi connectivity index (χ0v) is 15.0. The van der Waals surface area contributed by atoms with Crippen LogP contribution in [0.1, 0.15) is 49.0 Å². The average Bonchev–Trinajstić information content (AvgIpc) is 3.43. The van der Waals surface area contributed by atoms with Gasteiger partial charge in [-0.25, -0.2) is 4.98 Å². The lowest BCUT2D eigenvalue weighted by atomic mass is 9.96. The number of aromatic nitrogens is 2. The quantitative estimate of drug-likeness (QED) is 0.815. The van der Waals surface area contributed by atoms with Crippen LogP contribution >= 0.6 is 0 Å². The third kappa shape index (κ3) is 5.00. The Morgan fingerprint density at radius 3 is 2.62 bits per heavy atom. The van der Waals surface area contributed by atoms with Crippen molar-refractivity contribution < 1.29 is 14.4 Å². The fraction of sp³-hybridized carbons (Fsp3) is 0.611. The third-order valence-corrected chi connectivity index (χ3v) is 4.87. The van der Waals surface area contributed by atoms with Crippen LogP contribution in [0.3, 0.4) is 0 Å². The van der Waals surface area contributed by atoms with Gasteiger partial charge >= 0.3 is 0 Å². The molecule has 1 aromatic heterocycles. The summed E-state index contributed by atoms with van der Waals surface area (Å²) in [6, 6.07) is 0.116. The van der Waals surface area contributed by atoms with Gasteiger partial charge in [0.05, 0.1) is 6.20 Å². The minimum Gasteiger partial charge on any atom is -0.353 e. The molecule has 0 radical (unpaired) electrons. The van der Waals surface area contributed by atoms with E-state index in [9.17, 15) is 14.4 Å². The number of hydrogen-bond acceptors (Lipinski definition) is 5. The van der Waals surface area contributed by atoms with Gasteiger partial charge in [-0.15, -0.1) is 0 Å². The highest BCUT2D eigenvalue weighted by atomic mass is 16.2. The molecule has 2 aliphatic rings. The molecule has 0 spiro atoms. The molecule has 2 atom stereocenters. The minimum atomic E-state index is -0.300. The van der Waals surface area contributed by atoms with Crippen molar-refractivity contribution in [3.8, 4) is 0 Å². The van der Waals surface area contributed by atoms with E-state index in [2.05, 4.69) is 20.6 Å². The van der Waals surface area contributed by atoms with E-state index in [1.165, 1.54) is 18.6 Å².